The quantitative estimate of drug-likeness (QED) is 0.776. The lowest BCUT2D eigenvalue weighted by molar-refractivity contribution is 0.117. The van der Waals surface area contributed by atoms with E-state index in [0.717, 1.165) is 43.9 Å². The van der Waals surface area contributed by atoms with Crippen molar-refractivity contribution < 1.29 is 8.78 Å². The van der Waals surface area contributed by atoms with Crippen molar-refractivity contribution in [1.82, 2.24) is 9.80 Å². The minimum Gasteiger partial charge on any atom is -0.297 e. The van der Waals surface area contributed by atoms with Crippen LogP contribution in [0, 0.1) is 11.6 Å². The van der Waals surface area contributed by atoms with Crippen LogP contribution in [0.25, 0.3) is 0 Å². The second kappa shape index (κ2) is 8.56. The van der Waals surface area contributed by atoms with Gasteiger partial charge in [-0.2, -0.15) is 0 Å². The van der Waals surface area contributed by atoms with Crippen molar-refractivity contribution in [2.24, 2.45) is 0 Å². The van der Waals surface area contributed by atoms with Crippen LogP contribution in [0.4, 0.5) is 8.78 Å². The molecule has 0 aromatic heterocycles. The number of hydrogen-bond acceptors (Lipinski definition) is 2. The second-order valence-corrected chi connectivity index (χ2v) is 6.46. The highest BCUT2D eigenvalue weighted by Crippen LogP contribution is 2.30. The van der Waals surface area contributed by atoms with E-state index in [1.807, 2.05) is 30.3 Å². The molecule has 1 heterocycles. The molecule has 1 fully saturated rings. The molecule has 0 radical (unpaired) electrons. The molecule has 3 rings (SSSR count). The lowest BCUT2D eigenvalue weighted by Crippen LogP contribution is -2.47. The molecule has 2 aromatic carbocycles. The van der Waals surface area contributed by atoms with Gasteiger partial charge in [0.1, 0.15) is 11.6 Å². The zero-order valence-corrected chi connectivity index (χ0v) is 14.7. The SMILES string of the molecule is Fc1ccc(C(c2ccc(F)cc2)N2CCN(C/C=C\Cl)CC2)cc1. The smallest absolute Gasteiger partial charge is 0.123 e. The molecule has 0 unspecified atom stereocenters. The topological polar surface area (TPSA) is 6.48 Å². The molecule has 132 valence electrons. The summed E-state index contributed by atoms with van der Waals surface area (Å²) < 4.78 is 26.7. The first-order chi connectivity index (χ1) is 12.2. The molecule has 0 N–H and O–H groups in total. The van der Waals surface area contributed by atoms with E-state index in [9.17, 15) is 8.78 Å². The summed E-state index contributed by atoms with van der Waals surface area (Å²) in [6.07, 6.45) is 1.94. The van der Waals surface area contributed by atoms with Gasteiger partial charge in [0.25, 0.3) is 0 Å². The number of rotatable bonds is 5. The summed E-state index contributed by atoms with van der Waals surface area (Å²) in [4.78, 5) is 4.70. The zero-order chi connectivity index (χ0) is 17.6. The molecule has 25 heavy (non-hydrogen) atoms. The molecular formula is C20H21ClF2N2. The first-order valence-electron chi connectivity index (χ1n) is 8.40. The summed E-state index contributed by atoms with van der Waals surface area (Å²) in [5.41, 5.74) is 3.58. The van der Waals surface area contributed by atoms with E-state index in [2.05, 4.69) is 9.80 Å². The maximum Gasteiger partial charge on any atom is 0.123 e. The van der Waals surface area contributed by atoms with Crippen molar-refractivity contribution in [3.8, 4) is 0 Å². The molecule has 0 aliphatic carbocycles. The molecule has 0 atom stereocenters. The summed E-state index contributed by atoms with van der Waals surface area (Å²) in [6, 6.07) is 13.2. The zero-order valence-electron chi connectivity index (χ0n) is 13.9. The van der Waals surface area contributed by atoms with Crippen molar-refractivity contribution in [2.45, 2.75) is 6.04 Å². The van der Waals surface area contributed by atoms with E-state index in [1.54, 1.807) is 5.54 Å². The summed E-state index contributed by atoms with van der Waals surface area (Å²) in [6.45, 7) is 4.47. The summed E-state index contributed by atoms with van der Waals surface area (Å²) >= 11 is 5.61. The van der Waals surface area contributed by atoms with Crippen LogP contribution in [0.5, 0.6) is 0 Å². The van der Waals surface area contributed by atoms with E-state index in [-0.39, 0.29) is 17.7 Å². The van der Waals surface area contributed by atoms with Crippen molar-refractivity contribution in [1.29, 1.82) is 0 Å². The lowest BCUT2D eigenvalue weighted by Gasteiger charge is -2.39. The van der Waals surface area contributed by atoms with Gasteiger partial charge in [0.15, 0.2) is 0 Å². The molecular weight excluding hydrogens is 342 g/mol. The largest absolute Gasteiger partial charge is 0.297 e. The highest BCUT2D eigenvalue weighted by molar-refractivity contribution is 6.25. The number of halogens is 3. The van der Waals surface area contributed by atoms with Crippen LogP contribution in [-0.2, 0) is 0 Å². The third-order valence-corrected chi connectivity index (χ3v) is 4.77. The first-order valence-corrected chi connectivity index (χ1v) is 8.83. The van der Waals surface area contributed by atoms with E-state index < -0.39 is 0 Å². The molecule has 2 nitrogen and oxygen atoms in total. The predicted octanol–water partition coefficient (Wildman–Crippen LogP) is 4.42. The average molecular weight is 363 g/mol. The van der Waals surface area contributed by atoms with Crippen LogP contribution < -0.4 is 0 Å². The first kappa shape index (κ1) is 18.1. The maximum absolute atomic E-state index is 13.3. The normalized spacial score (nSPS) is 16.8. The van der Waals surface area contributed by atoms with E-state index in [0.29, 0.717) is 0 Å². The van der Waals surface area contributed by atoms with Gasteiger partial charge < -0.3 is 0 Å². The van der Waals surface area contributed by atoms with Crippen LogP contribution in [0.15, 0.2) is 60.1 Å². The van der Waals surface area contributed by atoms with Crippen LogP contribution >= 0.6 is 11.6 Å². The Morgan fingerprint density at radius 3 is 1.76 bits per heavy atom. The Kier molecular flexibility index (Phi) is 6.19. The summed E-state index contributed by atoms with van der Waals surface area (Å²) in [5, 5.41) is 0. The Balaban J connectivity index is 1.82. The molecule has 1 aliphatic rings. The van der Waals surface area contributed by atoms with Gasteiger partial charge in [0.05, 0.1) is 6.04 Å². The van der Waals surface area contributed by atoms with Gasteiger partial charge in [-0.15, -0.1) is 0 Å². The van der Waals surface area contributed by atoms with Crippen LogP contribution in [0.2, 0.25) is 0 Å². The van der Waals surface area contributed by atoms with Gasteiger partial charge in [-0.05, 0) is 35.4 Å². The van der Waals surface area contributed by atoms with Gasteiger partial charge in [0.2, 0.25) is 0 Å². The average Bonchev–Trinajstić information content (AvgIpc) is 2.64. The molecule has 2 aromatic rings. The fraction of sp³-hybridized carbons (Fsp3) is 0.300. The van der Waals surface area contributed by atoms with Crippen molar-refractivity contribution in [3.05, 3.63) is 82.9 Å². The van der Waals surface area contributed by atoms with E-state index >= 15 is 0 Å². The Morgan fingerprint density at radius 2 is 1.32 bits per heavy atom. The van der Waals surface area contributed by atoms with Crippen molar-refractivity contribution in [2.75, 3.05) is 32.7 Å². The minimum absolute atomic E-state index is 0.00748. The Bertz CT molecular complexity index is 647. The number of hydrogen-bond donors (Lipinski definition) is 0. The van der Waals surface area contributed by atoms with Gasteiger partial charge >= 0.3 is 0 Å². The summed E-state index contributed by atoms with van der Waals surface area (Å²) in [7, 11) is 0. The molecule has 0 saturated carbocycles. The van der Waals surface area contributed by atoms with Crippen molar-refractivity contribution in [3.63, 3.8) is 0 Å². The number of piperazine rings is 1. The van der Waals surface area contributed by atoms with Gasteiger partial charge in [0, 0.05) is 38.3 Å². The van der Waals surface area contributed by atoms with Crippen LogP contribution in [0.3, 0.4) is 0 Å². The molecule has 5 heteroatoms. The molecule has 1 aliphatic heterocycles. The third kappa shape index (κ3) is 4.66. The van der Waals surface area contributed by atoms with Crippen molar-refractivity contribution >= 4 is 11.6 Å². The Morgan fingerprint density at radius 1 is 0.840 bits per heavy atom. The predicted molar refractivity (Wildman–Crippen MR) is 97.6 cm³/mol. The van der Waals surface area contributed by atoms with E-state index in [1.165, 1.54) is 24.3 Å². The number of benzene rings is 2. The summed E-state index contributed by atoms with van der Waals surface area (Å²) in [5.74, 6) is -0.501. The number of nitrogens with zero attached hydrogens (tertiary/aromatic N) is 2. The highest BCUT2D eigenvalue weighted by atomic mass is 35.5. The van der Waals surface area contributed by atoms with Crippen LogP contribution in [0.1, 0.15) is 17.2 Å². The third-order valence-electron chi connectivity index (χ3n) is 4.60. The van der Waals surface area contributed by atoms with E-state index in [4.69, 9.17) is 11.6 Å². The fourth-order valence-electron chi connectivity index (χ4n) is 3.30. The molecule has 0 amide bonds. The minimum atomic E-state index is -0.251. The lowest BCUT2D eigenvalue weighted by atomic mass is 9.96. The Labute approximate surface area is 152 Å². The maximum atomic E-state index is 13.3. The van der Waals surface area contributed by atoms with Gasteiger partial charge in [-0.1, -0.05) is 41.9 Å². The molecule has 0 spiro atoms. The standard InChI is InChI=1S/C20H21ClF2N2/c21-10-1-11-24-12-14-25(15-13-24)20(16-2-6-18(22)7-3-16)17-4-8-19(23)9-5-17/h1-10,20H,11-15H2/b10-1-. The monoisotopic (exact) mass is 362 g/mol. The van der Waals surface area contributed by atoms with Gasteiger partial charge in [-0.25, -0.2) is 8.78 Å². The van der Waals surface area contributed by atoms with Gasteiger partial charge in [-0.3, -0.25) is 9.80 Å². The van der Waals surface area contributed by atoms with Crippen LogP contribution in [-0.4, -0.2) is 42.5 Å². The Hall–Kier alpha value is -1.75. The molecule has 0 bridgehead atoms. The molecule has 1 saturated heterocycles. The second-order valence-electron chi connectivity index (χ2n) is 6.20. The highest BCUT2D eigenvalue weighted by Gasteiger charge is 2.26. The fourth-order valence-corrected chi connectivity index (χ4v) is 3.38.